The summed E-state index contributed by atoms with van der Waals surface area (Å²) in [5.41, 5.74) is 0.553. The summed E-state index contributed by atoms with van der Waals surface area (Å²) in [4.78, 5) is 11.4. The summed E-state index contributed by atoms with van der Waals surface area (Å²) in [5, 5.41) is 9.00. The van der Waals surface area contributed by atoms with Gasteiger partial charge in [0.1, 0.15) is 11.8 Å². The van der Waals surface area contributed by atoms with Gasteiger partial charge in [0.25, 0.3) is 0 Å². The van der Waals surface area contributed by atoms with Gasteiger partial charge in [-0.25, -0.2) is 0 Å². The van der Waals surface area contributed by atoms with E-state index in [2.05, 4.69) is 6.07 Å². The van der Waals surface area contributed by atoms with Crippen LogP contribution in [0.2, 0.25) is 0 Å². The molecule has 0 saturated heterocycles. The topological polar surface area (TPSA) is 59.3 Å². The summed E-state index contributed by atoms with van der Waals surface area (Å²) in [5.74, 6) is 0.499. The lowest BCUT2D eigenvalue weighted by Crippen LogP contribution is -2.28. The number of esters is 1. The number of rotatable bonds is 3. The molecule has 0 bridgehead atoms. The molecule has 0 N–H and O–H groups in total. The van der Waals surface area contributed by atoms with Crippen molar-refractivity contribution in [1.82, 2.24) is 0 Å². The SMILES string of the molecule is COC(=O)[C@H]1CC[C@H](Oc2ccccc2C#N)CC1. The molecule has 4 heteroatoms. The Kier molecular flexibility index (Phi) is 4.40. The van der Waals surface area contributed by atoms with Crippen molar-refractivity contribution in [2.75, 3.05) is 7.11 Å². The van der Waals surface area contributed by atoms with Crippen LogP contribution in [0.3, 0.4) is 0 Å². The average Bonchev–Trinajstić information content (AvgIpc) is 2.48. The predicted octanol–water partition coefficient (Wildman–Crippen LogP) is 2.67. The second kappa shape index (κ2) is 6.24. The van der Waals surface area contributed by atoms with Gasteiger partial charge in [-0.1, -0.05) is 12.1 Å². The van der Waals surface area contributed by atoms with Crippen molar-refractivity contribution < 1.29 is 14.3 Å². The molecular weight excluding hydrogens is 242 g/mol. The molecule has 1 aromatic carbocycles. The van der Waals surface area contributed by atoms with Gasteiger partial charge in [0.15, 0.2) is 0 Å². The zero-order valence-electron chi connectivity index (χ0n) is 11.0. The Hall–Kier alpha value is -2.02. The van der Waals surface area contributed by atoms with Gasteiger partial charge in [-0.05, 0) is 37.8 Å². The zero-order valence-corrected chi connectivity index (χ0v) is 11.0. The van der Waals surface area contributed by atoms with Crippen molar-refractivity contribution in [2.24, 2.45) is 5.92 Å². The third-order valence-corrected chi connectivity index (χ3v) is 3.51. The largest absolute Gasteiger partial charge is 0.489 e. The molecule has 1 fully saturated rings. The van der Waals surface area contributed by atoms with Crippen LogP contribution >= 0.6 is 0 Å². The summed E-state index contributed by atoms with van der Waals surface area (Å²) >= 11 is 0. The van der Waals surface area contributed by atoms with Gasteiger partial charge < -0.3 is 9.47 Å². The third kappa shape index (κ3) is 3.25. The maximum absolute atomic E-state index is 11.4. The standard InChI is InChI=1S/C15H17NO3/c1-18-15(17)11-6-8-13(9-7-11)19-14-5-3-2-4-12(14)10-16/h2-5,11,13H,6-9H2,1H3/t11-,13-. The summed E-state index contributed by atoms with van der Waals surface area (Å²) in [6.45, 7) is 0. The number of hydrogen-bond acceptors (Lipinski definition) is 4. The molecule has 1 aliphatic rings. The smallest absolute Gasteiger partial charge is 0.308 e. The first-order valence-electron chi connectivity index (χ1n) is 6.48. The first-order valence-corrected chi connectivity index (χ1v) is 6.48. The molecule has 0 amide bonds. The van der Waals surface area contributed by atoms with E-state index in [1.807, 2.05) is 18.2 Å². The van der Waals surface area contributed by atoms with Gasteiger partial charge in [-0.3, -0.25) is 4.79 Å². The number of carbonyl (C=O) groups is 1. The Morgan fingerprint density at radius 3 is 2.58 bits per heavy atom. The van der Waals surface area contributed by atoms with Crippen molar-refractivity contribution in [3.8, 4) is 11.8 Å². The molecule has 19 heavy (non-hydrogen) atoms. The fourth-order valence-corrected chi connectivity index (χ4v) is 2.42. The number of benzene rings is 1. The fraction of sp³-hybridized carbons (Fsp3) is 0.467. The van der Waals surface area contributed by atoms with E-state index in [-0.39, 0.29) is 18.0 Å². The highest BCUT2D eigenvalue weighted by molar-refractivity contribution is 5.72. The number of nitrogens with zero attached hydrogens (tertiary/aromatic N) is 1. The molecule has 0 heterocycles. The highest BCUT2D eigenvalue weighted by Crippen LogP contribution is 2.29. The van der Waals surface area contributed by atoms with Crippen LogP contribution in [0, 0.1) is 17.2 Å². The molecule has 100 valence electrons. The quantitative estimate of drug-likeness (QED) is 0.783. The Balaban J connectivity index is 1.93. The predicted molar refractivity (Wildman–Crippen MR) is 69.5 cm³/mol. The molecule has 0 unspecified atom stereocenters. The Labute approximate surface area is 112 Å². The molecule has 1 aromatic rings. The lowest BCUT2D eigenvalue weighted by molar-refractivity contribution is -0.147. The highest BCUT2D eigenvalue weighted by Gasteiger charge is 2.28. The minimum absolute atomic E-state index is 0.00365. The van der Waals surface area contributed by atoms with Crippen LogP contribution < -0.4 is 4.74 Å². The Morgan fingerprint density at radius 2 is 1.95 bits per heavy atom. The van der Waals surface area contributed by atoms with E-state index >= 15 is 0 Å². The molecule has 0 aliphatic heterocycles. The highest BCUT2D eigenvalue weighted by atomic mass is 16.5. The van der Waals surface area contributed by atoms with Crippen LogP contribution in [0.4, 0.5) is 0 Å². The fourth-order valence-electron chi connectivity index (χ4n) is 2.42. The van der Waals surface area contributed by atoms with Gasteiger partial charge in [0.05, 0.1) is 24.7 Å². The summed E-state index contributed by atoms with van der Waals surface area (Å²) < 4.78 is 10.6. The number of ether oxygens (including phenoxy) is 2. The van der Waals surface area contributed by atoms with Crippen molar-refractivity contribution in [3.63, 3.8) is 0 Å². The molecule has 0 atom stereocenters. The van der Waals surface area contributed by atoms with E-state index in [1.165, 1.54) is 7.11 Å². The molecule has 4 nitrogen and oxygen atoms in total. The van der Waals surface area contributed by atoms with Crippen LogP contribution in [-0.4, -0.2) is 19.2 Å². The van der Waals surface area contributed by atoms with E-state index in [1.54, 1.807) is 6.07 Å². The number of hydrogen-bond donors (Lipinski definition) is 0. The molecule has 1 aliphatic carbocycles. The average molecular weight is 259 g/mol. The molecular formula is C15H17NO3. The van der Waals surface area contributed by atoms with Crippen LogP contribution in [0.25, 0.3) is 0 Å². The summed E-state index contributed by atoms with van der Waals surface area (Å²) in [6, 6.07) is 9.35. The monoisotopic (exact) mass is 259 g/mol. The van der Waals surface area contributed by atoms with Gasteiger partial charge in [-0.15, -0.1) is 0 Å². The summed E-state index contributed by atoms with van der Waals surface area (Å²) in [6.07, 6.45) is 3.28. The molecule has 1 saturated carbocycles. The molecule has 0 spiro atoms. The minimum Gasteiger partial charge on any atom is -0.489 e. The van der Waals surface area contributed by atoms with Gasteiger partial charge in [0.2, 0.25) is 0 Å². The van der Waals surface area contributed by atoms with Gasteiger partial charge in [0, 0.05) is 0 Å². The number of carbonyl (C=O) groups excluding carboxylic acids is 1. The lowest BCUT2D eigenvalue weighted by Gasteiger charge is -2.27. The minimum atomic E-state index is -0.129. The van der Waals surface area contributed by atoms with Crippen molar-refractivity contribution in [1.29, 1.82) is 5.26 Å². The van der Waals surface area contributed by atoms with Crippen LogP contribution in [-0.2, 0) is 9.53 Å². The lowest BCUT2D eigenvalue weighted by atomic mass is 9.87. The van der Waals surface area contributed by atoms with Gasteiger partial charge >= 0.3 is 5.97 Å². The Morgan fingerprint density at radius 1 is 1.26 bits per heavy atom. The Bertz CT molecular complexity index is 484. The number of para-hydroxylation sites is 1. The molecule has 2 rings (SSSR count). The van der Waals surface area contributed by atoms with E-state index in [9.17, 15) is 4.79 Å². The van der Waals surface area contributed by atoms with Crippen molar-refractivity contribution >= 4 is 5.97 Å². The molecule has 0 radical (unpaired) electrons. The maximum atomic E-state index is 11.4. The second-order valence-corrected chi connectivity index (χ2v) is 4.72. The third-order valence-electron chi connectivity index (χ3n) is 3.51. The van der Waals surface area contributed by atoms with Crippen LogP contribution in [0.15, 0.2) is 24.3 Å². The van der Waals surface area contributed by atoms with E-state index in [4.69, 9.17) is 14.7 Å². The first-order chi connectivity index (χ1) is 9.24. The van der Waals surface area contributed by atoms with Crippen molar-refractivity contribution in [3.05, 3.63) is 29.8 Å². The second-order valence-electron chi connectivity index (χ2n) is 4.72. The van der Waals surface area contributed by atoms with Gasteiger partial charge in [-0.2, -0.15) is 5.26 Å². The van der Waals surface area contributed by atoms with Crippen LogP contribution in [0.1, 0.15) is 31.2 Å². The van der Waals surface area contributed by atoms with E-state index in [0.717, 1.165) is 25.7 Å². The number of nitriles is 1. The first kappa shape index (κ1) is 13.4. The number of methoxy groups -OCH3 is 1. The van der Waals surface area contributed by atoms with Crippen molar-refractivity contribution in [2.45, 2.75) is 31.8 Å². The molecule has 0 aromatic heterocycles. The van der Waals surface area contributed by atoms with E-state index in [0.29, 0.717) is 11.3 Å². The van der Waals surface area contributed by atoms with Crippen LogP contribution in [0.5, 0.6) is 5.75 Å². The van der Waals surface area contributed by atoms with E-state index < -0.39 is 0 Å². The normalized spacial score (nSPS) is 22.3. The maximum Gasteiger partial charge on any atom is 0.308 e. The zero-order chi connectivity index (χ0) is 13.7. The summed E-state index contributed by atoms with van der Waals surface area (Å²) in [7, 11) is 1.42.